The Morgan fingerprint density at radius 1 is 0.950 bits per heavy atom. The standard InChI is InChI=1S/C16H15F3O/c1-16(20,9-11-4-2-5-12(17)8-11)10-13-14(18)6-3-7-15(13)19/h2-8,20H,9-10H2,1H3. The van der Waals surface area contributed by atoms with Gasteiger partial charge in [0.05, 0.1) is 5.60 Å². The van der Waals surface area contributed by atoms with Crippen molar-refractivity contribution in [2.24, 2.45) is 0 Å². The van der Waals surface area contributed by atoms with Crippen LogP contribution in [0.4, 0.5) is 13.2 Å². The molecule has 20 heavy (non-hydrogen) atoms. The van der Waals surface area contributed by atoms with E-state index in [0.717, 1.165) is 12.1 Å². The fourth-order valence-corrected chi connectivity index (χ4v) is 2.23. The number of hydrogen-bond acceptors (Lipinski definition) is 1. The molecule has 1 atom stereocenters. The normalized spacial score (nSPS) is 14.1. The first-order chi connectivity index (χ1) is 9.37. The van der Waals surface area contributed by atoms with Gasteiger partial charge in [0.2, 0.25) is 0 Å². The maximum atomic E-state index is 13.6. The van der Waals surface area contributed by atoms with Gasteiger partial charge in [-0.05, 0) is 36.8 Å². The van der Waals surface area contributed by atoms with Gasteiger partial charge in [-0.1, -0.05) is 18.2 Å². The fraction of sp³-hybridized carbons (Fsp3) is 0.250. The lowest BCUT2D eigenvalue weighted by Gasteiger charge is -2.24. The Balaban J connectivity index is 2.19. The molecule has 0 saturated heterocycles. The van der Waals surface area contributed by atoms with E-state index in [0.29, 0.717) is 5.56 Å². The number of aliphatic hydroxyl groups is 1. The number of hydrogen-bond donors (Lipinski definition) is 1. The molecule has 1 N–H and O–H groups in total. The molecule has 0 spiro atoms. The third-order valence-electron chi connectivity index (χ3n) is 3.09. The molecule has 0 saturated carbocycles. The average Bonchev–Trinajstić information content (AvgIpc) is 2.33. The molecule has 0 amide bonds. The predicted molar refractivity (Wildman–Crippen MR) is 70.8 cm³/mol. The van der Waals surface area contributed by atoms with Crippen molar-refractivity contribution >= 4 is 0 Å². The Morgan fingerprint density at radius 2 is 1.55 bits per heavy atom. The van der Waals surface area contributed by atoms with Crippen LogP contribution >= 0.6 is 0 Å². The average molecular weight is 280 g/mol. The summed E-state index contributed by atoms with van der Waals surface area (Å²) < 4.78 is 40.2. The predicted octanol–water partition coefficient (Wildman–Crippen LogP) is 3.64. The minimum Gasteiger partial charge on any atom is -0.389 e. The lowest BCUT2D eigenvalue weighted by molar-refractivity contribution is 0.0589. The highest BCUT2D eigenvalue weighted by Gasteiger charge is 2.25. The summed E-state index contributed by atoms with van der Waals surface area (Å²) in [5.41, 5.74) is -0.947. The topological polar surface area (TPSA) is 20.2 Å². The van der Waals surface area contributed by atoms with Crippen LogP contribution in [-0.4, -0.2) is 10.7 Å². The molecule has 2 rings (SSSR count). The summed E-state index contributed by atoms with van der Waals surface area (Å²) in [6, 6.07) is 9.36. The van der Waals surface area contributed by atoms with Gasteiger partial charge in [-0.15, -0.1) is 0 Å². The van der Waals surface area contributed by atoms with Crippen LogP contribution in [0.15, 0.2) is 42.5 Å². The maximum Gasteiger partial charge on any atom is 0.129 e. The maximum absolute atomic E-state index is 13.6. The lowest BCUT2D eigenvalue weighted by atomic mass is 9.89. The van der Waals surface area contributed by atoms with E-state index in [1.165, 1.54) is 31.2 Å². The van der Waals surface area contributed by atoms with E-state index < -0.39 is 23.1 Å². The number of rotatable bonds is 4. The van der Waals surface area contributed by atoms with Gasteiger partial charge in [-0.3, -0.25) is 0 Å². The third kappa shape index (κ3) is 3.61. The zero-order chi connectivity index (χ0) is 14.8. The van der Waals surface area contributed by atoms with Gasteiger partial charge in [0.15, 0.2) is 0 Å². The van der Waals surface area contributed by atoms with E-state index in [2.05, 4.69) is 0 Å². The summed E-state index contributed by atoms with van der Waals surface area (Å²) in [4.78, 5) is 0. The number of benzene rings is 2. The molecule has 0 aliphatic heterocycles. The lowest BCUT2D eigenvalue weighted by Crippen LogP contribution is -2.31. The minimum atomic E-state index is -1.36. The first-order valence-electron chi connectivity index (χ1n) is 6.27. The Labute approximate surface area is 115 Å². The molecule has 2 aromatic carbocycles. The van der Waals surface area contributed by atoms with Crippen LogP contribution < -0.4 is 0 Å². The second kappa shape index (κ2) is 5.67. The van der Waals surface area contributed by atoms with Crippen molar-refractivity contribution in [3.63, 3.8) is 0 Å². The number of halogens is 3. The Kier molecular flexibility index (Phi) is 4.14. The molecule has 4 heteroatoms. The van der Waals surface area contributed by atoms with Crippen LogP contribution in [0, 0.1) is 17.5 Å². The molecule has 1 unspecified atom stereocenters. The van der Waals surface area contributed by atoms with Gasteiger partial charge < -0.3 is 5.11 Å². The van der Waals surface area contributed by atoms with Crippen LogP contribution in [0.2, 0.25) is 0 Å². The van der Waals surface area contributed by atoms with Crippen LogP contribution in [-0.2, 0) is 12.8 Å². The van der Waals surface area contributed by atoms with Gasteiger partial charge in [0.1, 0.15) is 17.5 Å². The summed E-state index contributed by atoms with van der Waals surface area (Å²) in [7, 11) is 0. The second-order valence-corrected chi connectivity index (χ2v) is 5.18. The summed E-state index contributed by atoms with van der Waals surface area (Å²) in [5, 5.41) is 10.3. The molecule has 0 aliphatic carbocycles. The van der Waals surface area contributed by atoms with Crippen LogP contribution in [0.5, 0.6) is 0 Å². The molecule has 1 nitrogen and oxygen atoms in total. The van der Waals surface area contributed by atoms with E-state index >= 15 is 0 Å². The van der Waals surface area contributed by atoms with E-state index in [9.17, 15) is 18.3 Å². The highest BCUT2D eigenvalue weighted by Crippen LogP contribution is 2.22. The van der Waals surface area contributed by atoms with Gasteiger partial charge >= 0.3 is 0 Å². The zero-order valence-electron chi connectivity index (χ0n) is 11.0. The quantitative estimate of drug-likeness (QED) is 0.906. The second-order valence-electron chi connectivity index (χ2n) is 5.18. The SMILES string of the molecule is CC(O)(Cc1cccc(F)c1)Cc1c(F)cccc1F. The van der Waals surface area contributed by atoms with Crippen molar-refractivity contribution in [1.82, 2.24) is 0 Å². The molecular weight excluding hydrogens is 265 g/mol. The van der Waals surface area contributed by atoms with E-state index in [4.69, 9.17) is 0 Å². The largest absolute Gasteiger partial charge is 0.389 e. The Bertz CT molecular complexity index is 588. The molecule has 0 aliphatic rings. The van der Waals surface area contributed by atoms with Crippen LogP contribution in [0.1, 0.15) is 18.1 Å². The molecule has 0 aromatic heterocycles. The first-order valence-corrected chi connectivity index (χ1v) is 6.27. The molecule has 2 aromatic rings. The molecule has 0 heterocycles. The highest BCUT2D eigenvalue weighted by atomic mass is 19.1. The van der Waals surface area contributed by atoms with E-state index in [-0.39, 0.29) is 18.4 Å². The summed E-state index contributed by atoms with van der Waals surface area (Å²) in [5.74, 6) is -1.79. The van der Waals surface area contributed by atoms with Crippen LogP contribution in [0.3, 0.4) is 0 Å². The van der Waals surface area contributed by atoms with Crippen molar-refractivity contribution in [2.75, 3.05) is 0 Å². The smallest absolute Gasteiger partial charge is 0.129 e. The van der Waals surface area contributed by atoms with Crippen LogP contribution in [0.25, 0.3) is 0 Å². The monoisotopic (exact) mass is 280 g/mol. The van der Waals surface area contributed by atoms with E-state index in [1.807, 2.05) is 0 Å². The van der Waals surface area contributed by atoms with Crippen molar-refractivity contribution in [1.29, 1.82) is 0 Å². The summed E-state index contributed by atoms with van der Waals surface area (Å²) in [6.45, 7) is 1.48. The van der Waals surface area contributed by atoms with Gasteiger partial charge in [0.25, 0.3) is 0 Å². The van der Waals surface area contributed by atoms with E-state index in [1.54, 1.807) is 6.07 Å². The molecule has 106 valence electrons. The Hall–Kier alpha value is -1.81. The van der Waals surface area contributed by atoms with Crippen molar-refractivity contribution in [3.05, 3.63) is 71.0 Å². The molecular formula is C16H15F3O. The zero-order valence-corrected chi connectivity index (χ0v) is 11.0. The summed E-state index contributed by atoms with van der Waals surface area (Å²) >= 11 is 0. The Morgan fingerprint density at radius 3 is 2.15 bits per heavy atom. The van der Waals surface area contributed by atoms with Gasteiger partial charge in [-0.2, -0.15) is 0 Å². The summed E-state index contributed by atoms with van der Waals surface area (Å²) in [6.07, 6.45) is -0.0689. The van der Waals surface area contributed by atoms with Gasteiger partial charge in [0, 0.05) is 18.4 Å². The third-order valence-corrected chi connectivity index (χ3v) is 3.09. The molecule has 0 fully saturated rings. The molecule has 0 radical (unpaired) electrons. The fourth-order valence-electron chi connectivity index (χ4n) is 2.23. The highest BCUT2D eigenvalue weighted by molar-refractivity contribution is 5.24. The minimum absolute atomic E-state index is 0.110. The first kappa shape index (κ1) is 14.6. The van der Waals surface area contributed by atoms with Gasteiger partial charge in [-0.25, -0.2) is 13.2 Å². The molecule has 0 bridgehead atoms. The van der Waals surface area contributed by atoms with Crippen molar-refractivity contribution in [2.45, 2.75) is 25.4 Å². The van der Waals surface area contributed by atoms with Crippen molar-refractivity contribution < 1.29 is 18.3 Å². The van der Waals surface area contributed by atoms with Crippen molar-refractivity contribution in [3.8, 4) is 0 Å².